The fraction of sp³-hybridized carbons (Fsp3) is 0.794. The molecule has 4 aliphatic rings. The van der Waals surface area contributed by atoms with Crippen molar-refractivity contribution >= 4 is 17.7 Å². The number of anilines is 2. The number of fused-ring (bicyclic) bond motifs is 5. The molecule has 4 fully saturated rings. The molecule has 1 aromatic rings. The molecule has 0 bridgehead atoms. The lowest BCUT2D eigenvalue weighted by Gasteiger charge is -2.61. The predicted octanol–water partition coefficient (Wildman–Crippen LogP) is 8.18. The second-order valence-electron chi connectivity index (χ2n) is 14.8. The van der Waals surface area contributed by atoms with Gasteiger partial charge in [-0.25, -0.2) is 0 Å². The maximum absolute atomic E-state index is 11.6. The third-order valence-electron chi connectivity index (χ3n) is 12.4. The van der Waals surface area contributed by atoms with Crippen LogP contribution in [0.4, 0.5) is 11.4 Å². The molecule has 1 aromatic carbocycles. The molecule has 5 unspecified atom stereocenters. The Kier molecular flexibility index (Phi) is 7.84. The maximum Gasteiger partial charge on any atom is 0.237 e. The van der Waals surface area contributed by atoms with Crippen molar-refractivity contribution in [2.24, 2.45) is 52.3 Å². The van der Waals surface area contributed by atoms with Crippen LogP contribution in [-0.4, -0.2) is 12.4 Å². The molecule has 0 heterocycles. The lowest BCUT2D eigenvalue weighted by Crippen LogP contribution is -2.54. The average Bonchev–Trinajstić information content (AvgIpc) is 3.22. The van der Waals surface area contributed by atoms with Crippen molar-refractivity contribution in [3.05, 3.63) is 17.7 Å². The summed E-state index contributed by atoms with van der Waals surface area (Å²) >= 11 is 0. The predicted molar refractivity (Wildman–Crippen MR) is 158 cm³/mol. The normalized spacial score (nSPS) is 39.2. The molecular weight excluding hydrogens is 468 g/mol. The Bertz CT molecular complexity index is 1010. The third-order valence-corrected chi connectivity index (χ3v) is 12.4. The van der Waals surface area contributed by atoms with Crippen molar-refractivity contribution in [1.29, 1.82) is 0 Å². The van der Waals surface area contributed by atoms with E-state index in [-0.39, 0.29) is 6.10 Å². The first-order valence-corrected chi connectivity index (χ1v) is 15.8. The van der Waals surface area contributed by atoms with E-state index in [0.29, 0.717) is 39.4 Å². The van der Waals surface area contributed by atoms with E-state index in [0.717, 1.165) is 48.3 Å². The summed E-state index contributed by atoms with van der Waals surface area (Å²) in [6.45, 7) is 12.6. The Balaban J connectivity index is 1.25. The van der Waals surface area contributed by atoms with Gasteiger partial charge in [0.1, 0.15) is 0 Å². The lowest BCUT2D eigenvalue weighted by atomic mass is 9.44. The molecular formula is C34H53N2O2. The summed E-state index contributed by atoms with van der Waals surface area (Å²) in [5.41, 5.74) is 14.3. The molecule has 5 rings (SSSR count). The van der Waals surface area contributed by atoms with Crippen molar-refractivity contribution in [2.45, 2.75) is 118 Å². The van der Waals surface area contributed by atoms with Gasteiger partial charge >= 0.3 is 0 Å². The molecule has 0 aromatic heterocycles. The van der Waals surface area contributed by atoms with Gasteiger partial charge in [-0.2, -0.15) is 0 Å². The summed E-state index contributed by atoms with van der Waals surface area (Å²) in [6, 6.07) is 3.31. The van der Waals surface area contributed by atoms with Crippen LogP contribution < -0.4 is 16.2 Å². The number of benzene rings is 1. The molecule has 0 spiro atoms. The standard InChI is InChI=1S/C34H53N2O2/c1-21(2)7-6-8-22(3)28-11-12-29-27-10-9-24-18-26(38-32-23(20-37)17-25(35)19-31(32)36)13-15-33(24,4)30(27)14-16-34(28,29)5/h17,19,21-22,24,26-30H,6-16,18,35-36H2,1-5H3/t22-,24?,26?,27?,28-,29?,30?,33+,34-/m1/s1. The molecule has 1 radical (unpaired) electrons. The van der Waals surface area contributed by atoms with Crippen molar-refractivity contribution < 1.29 is 9.53 Å². The Morgan fingerprint density at radius 2 is 1.68 bits per heavy atom. The van der Waals surface area contributed by atoms with E-state index in [1.165, 1.54) is 64.2 Å². The van der Waals surface area contributed by atoms with Gasteiger partial charge in [-0.05, 0) is 122 Å². The monoisotopic (exact) mass is 521 g/mol. The Morgan fingerprint density at radius 3 is 2.42 bits per heavy atom. The Morgan fingerprint density at radius 1 is 0.947 bits per heavy atom. The molecule has 38 heavy (non-hydrogen) atoms. The van der Waals surface area contributed by atoms with Crippen LogP contribution in [0.25, 0.3) is 0 Å². The number of carbonyl (C=O) groups excluding carboxylic acids is 1. The van der Waals surface area contributed by atoms with Crippen molar-refractivity contribution in [3.8, 4) is 5.75 Å². The molecule has 211 valence electrons. The average molecular weight is 522 g/mol. The zero-order valence-corrected chi connectivity index (χ0v) is 24.7. The van der Waals surface area contributed by atoms with Gasteiger partial charge in [-0.1, -0.05) is 53.9 Å². The molecule has 4 N–H and O–H groups in total. The number of hydrogen-bond donors (Lipinski definition) is 2. The lowest BCUT2D eigenvalue weighted by molar-refractivity contribution is -0.126. The Hall–Kier alpha value is -1.71. The highest BCUT2D eigenvalue weighted by molar-refractivity contribution is 5.86. The minimum atomic E-state index is 0.110. The summed E-state index contributed by atoms with van der Waals surface area (Å²) in [4.78, 5) is 11.6. The zero-order valence-electron chi connectivity index (χ0n) is 24.7. The van der Waals surface area contributed by atoms with Crippen LogP contribution in [0, 0.1) is 52.3 Å². The highest BCUT2D eigenvalue weighted by Crippen LogP contribution is 2.68. The second kappa shape index (κ2) is 10.7. The van der Waals surface area contributed by atoms with E-state index in [9.17, 15) is 4.79 Å². The van der Waals surface area contributed by atoms with Crippen LogP contribution >= 0.6 is 0 Å². The number of nitrogens with two attached hydrogens (primary N) is 2. The van der Waals surface area contributed by atoms with Crippen molar-refractivity contribution in [1.82, 2.24) is 0 Å². The first kappa shape index (κ1) is 27.8. The van der Waals surface area contributed by atoms with Crippen molar-refractivity contribution in [2.75, 3.05) is 11.5 Å². The van der Waals surface area contributed by atoms with Gasteiger partial charge in [0.15, 0.2) is 5.75 Å². The quantitative estimate of drug-likeness (QED) is 0.338. The molecule has 4 aliphatic carbocycles. The van der Waals surface area contributed by atoms with E-state index < -0.39 is 0 Å². The minimum absolute atomic E-state index is 0.110. The van der Waals surface area contributed by atoms with Crippen LogP contribution in [0.15, 0.2) is 12.1 Å². The smallest absolute Gasteiger partial charge is 0.237 e. The number of hydrogen-bond acceptors (Lipinski definition) is 4. The zero-order chi connectivity index (χ0) is 27.2. The van der Waals surface area contributed by atoms with E-state index in [1.54, 1.807) is 12.1 Å². The number of nitrogen functional groups attached to an aromatic ring is 2. The summed E-state index contributed by atoms with van der Waals surface area (Å²) in [7, 11) is 0. The van der Waals surface area contributed by atoms with Gasteiger partial charge in [0.2, 0.25) is 6.29 Å². The van der Waals surface area contributed by atoms with E-state index in [4.69, 9.17) is 16.2 Å². The summed E-state index contributed by atoms with van der Waals surface area (Å²) in [5.74, 6) is 6.47. The fourth-order valence-electron chi connectivity index (χ4n) is 10.4. The highest BCUT2D eigenvalue weighted by atomic mass is 16.5. The van der Waals surface area contributed by atoms with Crippen LogP contribution in [0.5, 0.6) is 5.75 Å². The first-order valence-electron chi connectivity index (χ1n) is 15.8. The molecule has 4 saturated carbocycles. The number of ether oxygens (including phenoxy) is 1. The minimum Gasteiger partial charge on any atom is -0.487 e. The van der Waals surface area contributed by atoms with E-state index in [1.807, 2.05) is 6.29 Å². The number of rotatable bonds is 8. The van der Waals surface area contributed by atoms with Crippen LogP contribution in [-0.2, 0) is 4.79 Å². The second-order valence-corrected chi connectivity index (χ2v) is 14.8. The summed E-state index contributed by atoms with van der Waals surface area (Å²) < 4.78 is 6.42. The largest absolute Gasteiger partial charge is 0.487 e. The van der Waals surface area contributed by atoms with Crippen LogP contribution in [0.1, 0.15) is 117 Å². The van der Waals surface area contributed by atoms with E-state index >= 15 is 0 Å². The van der Waals surface area contributed by atoms with Crippen LogP contribution in [0.2, 0.25) is 0 Å². The Labute approximate surface area is 232 Å². The highest BCUT2D eigenvalue weighted by Gasteiger charge is 2.60. The van der Waals surface area contributed by atoms with E-state index in [2.05, 4.69) is 34.6 Å². The van der Waals surface area contributed by atoms with Gasteiger partial charge in [-0.15, -0.1) is 0 Å². The molecule has 4 heteroatoms. The molecule has 0 amide bonds. The van der Waals surface area contributed by atoms with Gasteiger partial charge in [-0.3, -0.25) is 4.79 Å². The third kappa shape index (κ3) is 4.87. The van der Waals surface area contributed by atoms with Crippen molar-refractivity contribution in [3.63, 3.8) is 0 Å². The fourth-order valence-corrected chi connectivity index (χ4v) is 10.4. The SMILES string of the molecule is CC(C)CCC[C@@H](C)[C@H]1CCC2C3CCC4CC(Oc5c(N)cc(N)cc5[C]=O)CC[C@]4(C)C3CC[C@@]21C. The van der Waals surface area contributed by atoms with Gasteiger partial charge < -0.3 is 16.2 Å². The summed E-state index contributed by atoms with van der Waals surface area (Å²) in [5, 5.41) is 0. The van der Waals surface area contributed by atoms with Gasteiger partial charge in [0.05, 0.1) is 17.4 Å². The molecule has 4 nitrogen and oxygen atoms in total. The topological polar surface area (TPSA) is 78.3 Å². The van der Waals surface area contributed by atoms with Gasteiger partial charge in [0, 0.05) is 5.69 Å². The summed E-state index contributed by atoms with van der Waals surface area (Å²) in [6.07, 6.45) is 18.1. The molecule has 9 atom stereocenters. The molecule has 0 saturated heterocycles. The molecule has 0 aliphatic heterocycles. The first-order chi connectivity index (χ1) is 18.1. The maximum atomic E-state index is 11.6. The van der Waals surface area contributed by atoms with Crippen LogP contribution in [0.3, 0.4) is 0 Å². The van der Waals surface area contributed by atoms with Gasteiger partial charge in [0.25, 0.3) is 0 Å².